The molecule has 2 rings (SSSR count). The van der Waals surface area contributed by atoms with E-state index in [4.69, 9.17) is 11.6 Å². The van der Waals surface area contributed by atoms with E-state index in [2.05, 4.69) is 17.2 Å². The van der Waals surface area contributed by atoms with E-state index in [0.717, 1.165) is 11.6 Å². The second kappa shape index (κ2) is 5.53. The monoisotopic (exact) mass is 238 g/mol. The highest BCUT2D eigenvalue weighted by atomic mass is 35.5. The van der Waals surface area contributed by atoms with Crippen molar-refractivity contribution in [1.29, 1.82) is 0 Å². The van der Waals surface area contributed by atoms with E-state index in [1.54, 1.807) is 6.20 Å². The van der Waals surface area contributed by atoms with Crippen LogP contribution in [0.25, 0.3) is 0 Å². The number of rotatable bonds is 2. The molecular weight excluding hydrogens is 220 g/mol. The molecular formula is C13H19ClN2. The van der Waals surface area contributed by atoms with E-state index >= 15 is 0 Å². The highest BCUT2D eigenvalue weighted by Crippen LogP contribution is 2.26. The standard InChI is InChI=1S/C13H19ClN2/c1-10-4-2-5-11(8-7-10)16-12-6-3-9-15-13(12)14/h3,6,9-11,16H,2,4-5,7-8H2,1H3. The molecule has 0 bridgehead atoms. The van der Waals surface area contributed by atoms with Crippen LogP contribution in [0.1, 0.15) is 39.0 Å². The first-order valence-electron chi connectivity index (χ1n) is 6.13. The van der Waals surface area contributed by atoms with Crippen molar-refractivity contribution in [2.45, 2.75) is 45.1 Å². The van der Waals surface area contributed by atoms with Gasteiger partial charge in [0.2, 0.25) is 0 Å². The first-order chi connectivity index (χ1) is 7.75. The minimum absolute atomic E-state index is 0.562. The molecule has 1 saturated carbocycles. The van der Waals surface area contributed by atoms with Crippen LogP contribution >= 0.6 is 11.6 Å². The summed E-state index contributed by atoms with van der Waals surface area (Å²) < 4.78 is 0. The summed E-state index contributed by atoms with van der Waals surface area (Å²) in [5, 5.41) is 4.10. The van der Waals surface area contributed by atoms with Gasteiger partial charge in [0.15, 0.2) is 5.15 Å². The van der Waals surface area contributed by atoms with Crippen molar-refractivity contribution >= 4 is 17.3 Å². The van der Waals surface area contributed by atoms with Gasteiger partial charge in [0.05, 0.1) is 5.69 Å². The number of nitrogens with one attached hydrogen (secondary N) is 1. The van der Waals surface area contributed by atoms with Crippen LogP contribution in [-0.4, -0.2) is 11.0 Å². The third-order valence-corrected chi connectivity index (χ3v) is 3.68. The molecule has 2 unspecified atom stereocenters. The quantitative estimate of drug-likeness (QED) is 0.620. The van der Waals surface area contributed by atoms with Gasteiger partial charge < -0.3 is 5.32 Å². The topological polar surface area (TPSA) is 24.9 Å². The van der Waals surface area contributed by atoms with Crippen LogP contribution in [0.2, 0.25) is 5.15 Å². The zero-order valence-electron chi connectivity index (χ0n) is 9.75. The molecule has 0 amide bonds. The largest absolute Gasteiger partial charge is 0.380 e. The molecule has 3 heteroatoms. The van der Waals surface area contributed by atoms with Gasteiger partial charge in [-0.05, 0) is 37.3 Å². The summed E-state index contributed by atoms with van der Waals surface area (Å²) in [7, 11) is 0. The van der Waals surface area contributed by atoms with Crippen LogP contribution in [0.15, 0.2) is 18.3 Å². The summed E-state index contributed by atoms with van der Waals surface area (Å²) >= 11 is 6.04. The molecule has 2 nitrogen and oxygen atoms in total. The third-order valence-electron chi connectivity index (χ3n) is 3.38. The van der Waals surface area contributed by atoms with Crippen molar-refractivity contribution < 1.29 is 0 Å². The number of anilines is 1. The van der Waals surface area contributed by atoms with E-state index in [-0.39, 0.29) is 0 Å². The Morgan fingerprint density at radius 2 is 2.19 bits per heavy atom. The molecule has 1 fully saturated rings. The molecule has 2 atom stereocenters. The van der Waals surface area contributed by atoms with Crippen LogP contribution in [0, 0.1) is 5.92 Å². The van der Waals surface area contributed by atoms with Crippen molar-refractivity contribution in [1.82, 2.24) is 4.98 Å². The van der Waals surface area contributed by atoms with Crippen molar-refractivity contribution in [3.8, 4) is 0 Å². The Bertz CT molecular complexity index is 340. The van der Waals surface area contributed by atoms with E-state index in [9.17, 15) is 0 Å². The van der Waals surface area contributed by atoms with E-state index in [1.165, 1.54) is 32.1 Å². The summed E-state index contributed by atoms with van der Waals surface area (Å²) in [6.07, 6.45) is 8.20. The molecule has 0 aromatic carbocycles. The number of nitrogens with zero attached hydrogens (tertiary/aromatic N) is 1. The lowest BCUT2D eigenvalue weighted by Crippen LogP contribution is -2.18. The number of pyridine rings is 1. The third kappa shape index (κ3) is 3.11. The maximum atomic E-state index is 6.04. The van der Waals surface area contributed by atoms with Crippen molar-refractivity contribution in [2.75, 3.05) is 5.32 Å². The van der Waals surface area contributed by atoms with Gasteiger partial charge in [-0.1, -0.05) is 31.4 Å². The van der Waals surface area contributed by atoms with Gasteiger partial charge in [0.1, 0.15) is 0 Å². The molecule has 1 aliphatic carbocycles. The second-order valence-electron chi connectivity index (χ2n) is 4.80. The lowest BCUT2D eigenvalue weighted by Gasteiger charge is -2.18. The normalized spacial score (nSPS) is 26.1. The number of halogens is 1. The van der Waals surface area contributed by atoms with Gasteiger partial charge in [-0.3, -0.25) is 0 Å². The molecule has 1 aromatic rings. The first-order valence-corrected chi connectivity index (χ1v) is 6.50. The summed E-state index contributed by atoms with van der Waals surface area (Å²) in [4.78, 5) is 4.09. The van der Waals surface area contributed by atoms with E-state index < -0.39 is 0 Å². The average molecular weight is 239 g/mol. The van der Waals surface area contributed by atoms with Crippen LogP contribution in [-0.2, 0) is 0 Å². The van der Waals surface area contributed by atoms with Crippen LogP contribution in [0.3, 0.4) is 0 Å². The summed E-state index contributed by atoms with van der Waals surface area (Å²) in [6.45, 7) is 2.35. The Morgan fingerprint density at radius 1 is 1.31 bits per heavy atom. The second-order valence-corrected chi connectivity index (χ2v) is 5.15. The van der Waals surface area contributed by atoms with Crippen LogP contribution < -0.4 is 5.32 Å². The van der Waals surface area contributed by atoms with Gasteiger partial charge in [0.25, 0.3) is 0 Å². The summed E-state index contributed by atoms with van der Waals surface area (Å²) in [5.74, 6) is 0.871. The zero-order valence-corrected chi connectivity index (χ0v) is 10.5. The van der Waals surface area contributed by atoms with E-state index in [0.29, 0.717) is 11.2 Å². The fourth-order valence-corrected chi connectivity index (χ4v) is 2.52. The highest BCUT2D eigenvalue weighted by molar-refractivity contribution is 6.31. The first kappa shape index (κ1) is 11.7. The summed E-state index contributed by atoms with van der Waals surface area (Å²) in [6, 6.07) is 4.49. The van der Waals surface area contributed by atoms with Gasteiger partial charge >= 0.3 is 0 Å². The Balaban J connectivity index is 1.96. The minimum atomic E-state index is 0.562. The molecule has 16 heavy (non-hydrogen) atoms. The molecule has 0 spiro atoms. The lowest BCUT2D eigenvalue weighted by atomic mass is 10.0. The van der Waals surface area contributed by atoms with Crippen LogP contribution in [0.4, 0.5) is 5.69 Å². The fourth-order valence-electron chi connectivity index (χ4n) is 2.35. The van der Waals surface area contributed by atoms with Crippen molar-refractivity contribution in [2.24, 2.45) is 5.92 Å². The molecule has 0 aliphatic heterocycles. The number of hydrogen-bond donors (Lipinski definition) is 1. The van der Waals surface area contributed by atoms with Gasteiger partial charge in [-0.2, -0.15) is 0 Å². The maximum absolute atomic E-state index is 6.04. The Hall–Kier alpha value is -0.760. The smallest absolute Gasteiger partial charge is 0.152 e. The van der Waals surface area contributed by atoms with E-state index in [1.807, 2.05) is 12.1 Å². The predicted octanol–water partition coefficient (Wildman–Crippen LogP) is 4.12. The van der Waals surface area contributed by atoms with Gasteiger partial charge in [-0.25, -0.2) is 4.98 Å². The molecule has 1 heterocycles. The van der Waals surface area contributed by atoms with Crippen molar-refractivity contribution in [3.63, 3.8) is 0 Å². The Kier molecular flexibility index (Phi) is 4.05. The molecule has 1 aliphatic rings. The molecule has 0 saturated heterocycles. The van der Waals surface area contributed by atoms with Gasteiger partial charge in [-0.15, -0.1) is 0 Å². The fraction of sp³-hybridized carbons (Fsp3) is 0.615. The molecule has 1 aromatic heterocycles. The highest BCUT2D eigenvalue weighted by Gasteiger charge is 2.16. The summed E-state index contributed by atoms with van der Waals surface area (Å²) in [5.41, 5.74) is 0.976. The number of hydrogen-bond acceptors (Lipinski definition) is 2. The molecule has 88 valence electrons. The van der Waals surface area contributed by atoms with Crippen molar-refractivity contribution in [3.05, 3.63) is 23.5 Å². The zero-order chi connectivity index (χ0) is 11.4. The Morgan fingerprint density at radius 3 is 3.00 bits per heavy atom. The Labute approximate surface area is 102 Å². The van der Waals surface area contributed by atoms with Gasteiger partial charge in [0, 0.05) is 12.2 Å². The van der Waals surface area contributed by atoms with Crippen LogP contribution in [0.5, 0.6) is 0 Å². The molecule has 0 radical (unpaired) electrons. The predicted molar refractivity (Wildman–Crippen MR) is 68.9 cm³/mol. The minimum Gasteiger partial charge on any atom is -0.380 e. The number of aromatic nitrogens is 1. The average Bonchev–Trinajstić information content (AvgIpc) is 2.47. The SMILES string of the molecule is CC1CCCC(Nc2cccnc2Cl)CC1. The maximum Gasteiger partial charge on any atom is 0.152 e. The molecule has 1 N–H and O–H groups in total. The lowest BCUT2D eigenvalue weighted by molar-refractivity contribution is 0.502.